The zero-order valence-electron chi connectivity index (χ0n) is 10.5. The molecule has 2 unspecified atom stereocenters. The van der Waals surface area contributed by atoms with Gasteiger partial charge in [-0.1, -0.05) is 6.07 Å². The summed E-state index contributed by atoms with van der Waals surface area (Å²) in [4.78, 5) is 22.9. The smallest absolute Gasteiger partial charge is 0.258 e. The molecule has 0 saturated heterocycles. The van der Waals surface area contributed by atoms with E-state index < -0.39 is 24.0 Å². The van der Waals surface area contributed by atoms with Crippen LogP contribution >= 0.6 is 0 Å². The first-order valence-corrected chi connectivity index (χ1v) is 6.05. The SMILES string of the molecule is CNCCC(O)C(O)c1ccc2c(c1)C(=O)NC2=O. The van der Waals surface area contributed by atoms with Gasteiger partial charge in [0.1, 0.15) is 6.10 Å². The van der Waals surface area contributed by atoms with Gasteiger partial charge >= 0.3 is 0 Å². The van der Waals surface area contributed by atoms with Crippen molar-refractivity contribution in [3.63, 3.8) is 0 Å². The Kier molecular flexibility index (Phi) is 3.94. The Morgan fingerprint density at radius 2 is 1.89 bits per heavy atom. The Balaban J connectivity index is 2.20. The van der Waals surface area contributed by atoms with Gasteiger partial charge in [0.2, 0.25) is 0 Å². The van der Waals surface area contributed by atoms with E-state index in [4.69, 9.17) is 0 Å². The van der Waals surface area contributed by atoms with Gasteiger partial charge in [-0.25, -0.2) is 0 Å². The predicted octanol–water partition coefficient (Wildman–Crippen LogP) is -0.426. The fourth-order valence-corrected chi connectivity index (χ4v) is 2.04. The lowest BCUT2D eigenvalue weighted by Gasteiger charge is -2.18. The maximum absolute atomic E-state index is 11.5. The normalized spacial score (nSPS) is 17.0. The molecule has 0 spiro atoms. The number of carbonyl (C=O) groups excluding carboxylic acids is 2. The second kappa shape index (κ2) is 5.48. The van der Waals surface area contributed by atoms with Gasteiger partial charge in [0.05, 0.1) is 17.2 Å². The number of nitrogens with one attached hydrogen (secondary N) is 2. The van der Waals surface area contributed by atoms with E-state index in [1.54, 1.807) is 13.1 Å². The molecule has 1 aromatic carbocycles. The Labute approximate surface area is 110 Å². The molecule has 2 atom stereocenters. The highest BCUT2D eigenvalue weighted by Crippen LogP contribution is 2.24. The molecule has 19 heavy (non-hydrogen) atoms. The van der Waals surface area contributed by atoms with Crippen molar-refractivity contribution in [3.8, 4) is 0 Å². The van der Waals surface area contributed by atoms with Gasteiger partial charge in [0.25, 0.3) is 11.8 Å². The van der Waals surface area contributed by atoms with Gasteiger partial charge in [0, 0.05) is 0 Å². The topological polar surface area (TPSA) is 98.7 Å². The number of aliphatic hydroxyl groups excluding tert-OH is 2. The van der Waals surface area contributed by atoms with E-state index in [-0.39, 0.29) is 5.56 Å². The van der Waals surface area contributed by atoms with Crippen molar-refractivity contribution in [3.05, 3.63) is 34.9 Å². The van der Waals surface area contributed by atoms with Crippen molar-refractivity contribution in [2.45, 2.75) is 18.6 Å². The average molecular weight is 264 g/mol. The molecule has 1 aromatic rings. The molecule has 0 saturated carbocycles. The van der Waals surface area contributed by atoms with Crippen molar-refractivity contribution in [2.75, 3.05) is 13.6 Å². The zero-order valence-corrected chi connectivity index (χ0v) is 10.5. The molecule has 102 valence electrons. The minimum Gasteiger partial charge on any atom is -0.390 e. The Morgan fingerprint density at radius 1 is 1.21 bits per heavy atom. The Bertz CT molecular complexity index is 515. The summed E-state index contributed by atoms with van der Waals surface area (Å²) in [7, 11) is 1.75. The third-order valence-electron chi connectivity index (χ3n) is 3.16. The molecule has 0 aromatic heterocycles. The molecule has 4 N–H and O–H groups in total. The largest absolute Gasteiger partial charge is 0.390 e. The summed E-state index contributed by atoms with van der Waals surface area (Å²) in [5, 5.41) is 24.9. The Morgan fingerprint density at radius 3 is 2.58 bits per heavy atom. The van der Waals surface area contributed by atoms with E-state index in [0.29, 0.717) is 24.1 Å². The van der Waals surface area contributed by atoms with Gasteiger partial charge in [-0.2, -0.15) is 0 Å². The van der Waals surface area contributed by atoms with Crippen molar-refractivity contribution in [2.24, 2.45) is 0 Å². The van der Waals surface area contributed by atoms with Crippen LogP contribution in [0.1, 0.15) is 38.8 Å². The van der Waals surface area contributed by atoms with Crippen molar-refractivity contribution >= 4 is 11.8 Å². The molecule has 1 heterocycles. The quantitative estimate of drug-likeness (QED) is 0.541. The molecule has 0 bridgehead atoms. The summed E-state index contributed by atoms with van der Waals surface area (Å²) < 4.78 is 0. The monoisotopic (exact) mass is 264 g/mol. The van der Waals surface area contributed by atoms with Gasteiger partial charge in [-0.3, -0.25) is 14.9 Å². The van der Waals surface area contributed by atoms with Crippen LogP contribution < -0.4 is 10.6 Å². The summed E-state index contributed by atoms with van der Waals surface area (Å²) in [5.41, 5.74) is 0.959. The van der Waals surface area contributed by atoms with Gasteiger partial charge in [-0.05, 0) is 37.7 Å². The molecular formula is C13H16N2O4. The van der Waals surface area contributed by atoms with Crippen LogP contribution in [0.25, 0.3) is 0 Å². The number of benzene rings is 1. The highest BCUT2D eigenvalue weighted by Gasteiger charge is 2.28. The molecular weight excluding hydrogens is 248 g/mol. The number of carbonyl (C=O) groups is 2. The van der Waals surface area contributed by atoms with Crippen molar-refractivity contribution in [1.82, 2.24) is 10.6 Å². The summed E-state index contributed by atoms with van der Waals surface area (Å²) in [6, 6.07) is 4.48. The third-order valence-corrected chi connectivity index (χ3v) is 3.16. The van der Waals surface area contributed by atoms with Crippen molar-refractivity contribution < 1.29 is 19.8 Å². The molecule has 2 amide bonds. The van der Waals surface area contributed by atoms with E-state index >= 15 is 0 Å². The van der Waals surface area contributed by atoms with Gasteiger partial charge in [0.15, 0.2) is 0 Å². The summed E-state index contributed by atoms with van der Waals surface area (Å²) in [6.07, 6.45) is -1.62. The minimum absolute atomic E-state index is 0.238. The molecule has 6 nitrogen and oxygen atoms in total. The van der Waals surface area contributed by atoms with Crippen LogP contribution in [0.4, 0.5) is 0 Å². The average Bonchev–Trinajstić information content (AvgIpc) is 2.70. The van der Waals surface area contributed by atoms with Crippen molar-refractivity contribution in [1.29, 1.82) is 0 Å². The maximum atomic E-state index is 11.5. The first kappa shape index (κ1) is 13.7. The van der Waals surface area contributed by atoms with Gasteiger partial charge in [-0.15, -0.1) is 0 Å². The van der Waals surface area contributed by atoms with E-state index in [9.17, 15) is 19.8 Å². The number of fused-ring (bicyclic) bond motifs is 1. The van der Waals surface area contributed by atoms with Gasteiger partial charge < -0.3 is 15.5 Å². The summed E-state index contributed by atoms with van der Waals surface area (Å²) >= 11 is 0. The first-order valence-electron chi connectivity index (χ1n) is 6.05. The highest BCUT2D eigenvalue weighted by atomic mass is 16.3. The lowest BCUT2D eigenvalue weighted by molar-refractivity contribution is 0.0140. The molecule has 1 aliphatic heterocycles. The van der Waals surface area contributed by atoms with Crippen LogP contribution in [0.3, 0.4) is 0 Å². The molecule has 0 radical (unpaired) electrons. The Hall–Kier alpha value is -1.76. The number of hydrogen-bond donors (Lipinski definition) is 4. The highest BCUT2D eigenvalue weighted by molar-refractivity contribution is 6.21. The van der Waals surface area contributed by atoms with Crippen LogP contribution in [0.5, 0.6) is 0 Å². The van der Waals surface area contributed by atoms with Crippen LogP contribution in [0.15, 0.2) is 18.2 Å². The van der Waals surface area contributed by atoms with E-state index in [1.807, 2.05) is 0 Å². The molecule has 6 heteroatoms. The summed E-state index contributed by atoms with van der Waals surface area (Å²) in [5.74, 6) is -0.907. The number of rotatable bonds is 5. The molecule has 1 aliphatic rings. The lowest BCUT2D eigenvalue weighted by Crippen LogP contribution is -2.23. The number of imide groups is 1. The standard InChI is InChI=1S/C13H16N2O4/c1-14-5-4-10(16)11(17)7-2-3-8-9(6-7)13(19)15-12(8)18/h2-3,6,10-11,14,16-17H,4-5H2,1H3,(H,15,18,19). The lowest BCUT2D eigenvalue weighted by atomic mass is 9.98. The number of hydrogen-bond acceptors (Lipinski definition) is 5. The molecule has 0 fully saturated rings. The second-order valence-electron chi connectivity index (χ2n) is 4.49. The van der Waals surface area contributed by atoms with E-state index in [0.717, 1.165) is 0 Å². The zero-order chi connectivity index (χ0) is 14.0. The molecule has 2 rings (SSSR count). The van der Waals surface area contributed by atoms with Crippen LogP contribution in [-0.4, -0.2) is 41.7 Å². The van der Waals surface area contributed by atoms with E-state index in [1.165, 1.54) is 12.1 Å². The second-order valence-corrected chi connectivity index (χ2v) is 4.49. The number of amides is 2. The minimum atomic E-state index is -1.08. The summed E-state index contributed by atoms with van der Waals surface area (Å²) in [6.45, 7) is 0.572. The fourth-order valence-electron chi connectivity index (χ4n) is 2.04. The fraction of sp³-hybridized carbons (Fsp3) is 0.385. The van der Waals surface area contributed by atoms with E-state index in [2.05, 4.69) is 10.6 Å². The van der Waals surface area contributed by atoms with Crippen LogP contribution in [0.2, 0.25) is 0 Å². The molecule has 0 aliphatic carbocycles. The predicted molar refractivity (Wildman–Crippen MR) is 67.7 cm³/mol. The van der Waals surface area contributed by atoms with Crippen LogP contribution in [-0.2, 0) is 0 Å². The number of aliphatic hydroxyl groups is 2. The first-order chi connectivity index (χ1) is 9.04. The third kappa shape index (κ3) is 2.65. The van der Waals surface area contributed by atoms with Crippen LogP contribution in [0, 0.1) is 0 Å². The maximum Gasteiger partial charge on any atom is 0.258 e.